The maximum Gasteiger partial charge on any atom is 0.0598 e. The molecular weight excluding hydrogens is 665 g/mol. The molecule has 0 saturated carbocycles. The van der Waals surface area contributed by atoms with Crippen LogP contribution in [0.5, 0.6) is 11.5 Å². The molecule has 0 unspecified atom stereocenters. The molecule has 0 fully saturated rings. The van der Waals surface area contributed by atoms with Gasteiger partial charge in [-0.3, -0.25) is 0 Å². The van der Waals surface area contributed by atoms with Crippen molar-refractivity contribution in [1.82, 2.24) is 19.5 Å². The topological polar surface area (TPSA) is 56.1 Å². The number of hydrogen-bond acceptors (Lipinski definition) is 5. The quantitative estimate of drug-likeness (QED) is 0.184. The van der Waals surface area contributed by atoms with E-state index in [9.17, 15) is 0 Å². The first-order valence-electron chi connectivity index (χ1n) is 12.6. The number of imidazole rings is 1. The molecule has 1 aliphatic heterocycles. The molecule has 4 heterocycles. The van der Waals surface area contributed by atoms with Gasteiger partial charge in [-0.25, -0.2) is 0 Å². The Kier molecular flexibility index (Phi) is 7.09. The third-order valence-corrected chi connectivity index (χ3v) is 6.79. The number of fused-ring (bicyclic) bond motifs is 3. The van der Waals surface area contributed by atoms with Gasteiger partial charge in [-0.05, 0) is 54.3 Å². The van der Waals surface area contributed by atoms with Gasteiger partial charge < -0.3 is 29.2 Å². The minimum atomic E-state index is -0.109. The average Bonchev–Trinajstić information content (AvgIpc) is 3.21. The van der Waals surface area contributed by atoms with E-state index in [1.807, 2.05) is 43.3 Å². The largest absolute Gasteiger partial charge is 0.501 e. The van der Waals surface area contributed by atoms with E-state index in [2.05, 4.69) is 84.1 Å². The summed E-state index contributed by atoms with van der Waals surface area (Å²) in [5, 5.41) is 0. The SMILES string of the molecule is Cc1nc2n(c1C)[CH-]N(c1[c-]c(Oc3[c-]c(-c4ccccn4)cnc3)cc(C(C)(C)C)c1)c1ccccc1-2.[Pt]. The molecule has 5 aromatic rings. The number of ether oxygens (including phenoxy) is 1. The van der Waals surface area contributed by atoms with Crippen LogP contribution in [0.1, 0.15) is 37.7 Å². The minimum absolute atomic E-state index is 0. The van der Waals surface area contributed by atoms with Gasteiger partial charge in [0.2, 0.25) is 0 Å². The summed E-state index contributed by atoms with van der Waals surface area (Å²) in [5.74, 6) is 2.05. The molecule has 0 atom stereocenters. The number of hydrogen-bond donors (Lipinski definition) is 0. The number of para-hydroxylation sites is 1. The normalized spacial score (nSPS) is 12.2. The van der Waals surface area contributed by atoms with Crippen LogP contribution in [-0.2, 0) is 26.5 Å². The van der Waals surface area contributed by atoms with Gasteiger partial charge in [0.25, 0.3) is 0 Å². The fraction of sp³-hybridized carbons (Fsp3) is 0.188. The van der Waals surface area contributed by atoms with Gasteiger partial charge >= 0.3 is 0 Å². The molecule has 6 nitrogen and oxygen atoms in total. The van der Waals surface area contributed by atoms with Gasteiger partial charge in [0.1, 0.15) is 0 Å². The van der Waals surface area contributed by atoms with E-state index in [1.165, 1.54) is 0 Å². The molecule has 0 saturated heterocycles. The Balaban J connectivity index is 0.00000308. The second kappa shape index (κ2) is 10.3. The van der Waals surface area contributed by atoms with E-state index in [0.717, 1.165) is 51.0 Å². The molecule has 6 rings (SSSR count). The first kappa shape index (κ1) is 26.7. The number of anilines is 2. The van der Waals surface area contributed by atoms with Crippen molar-refractivity contribution in [3.63, 3.8) is 0 Å². The smallest absolute Gasteiger partial charge is 0.0598 e. The Morgan fingerprint density at radius 1 is 0.923 bits per heavy atom. The molecule has 1 aliphatic rings. The Morgan fingerprint density at radius 2 is 1.72 bits per heavy atom. The van der Waals surface area contributed by atoms with Crippen molar-refractivity contribution >= 4 is 11.4 Å². The Hall–Kier alpha value is -3.89. The first-order valence-corrected chi connectivity index (χ1v) is 12.6. The summed E-state index contributed by atoms with van der Waals surface area (Å²) in [4.78, 5) is 15.8. The zero-order chi connectivity index (χ0) is 26.4. The molecule has 0 N–H and O–H groups in total. The standard InChI is InChI=1S/C32H28N5O.Pt/c1-21-22(2)36-20-37(30-12-7-6-10-28(30)31(36)35-21)25-15-24(32(3,4)5)16-26(17-25)38-27-14-23(18-33-19-27)29-11-8-9-13-34-29;/h6-13,15-16,18-20H,1-5H3;/q-3;. The third kappa shape index (κ3) is 5.09. The molecule has 7 heteroatoms. The van der Waals surface area contributed by atoms with Crippen molar-refractivity contribution in [3.8, 4) is 34.1 Å². The average molecular weight is 694 g/mol. The molecule has 200 valence electrons. The van der Waals surface area contributed by atoms with Gasteiger partial charge in [-0.15, -0.1) is 29.3 Å². The Labute approximate surface area is 244 Å². The third-order valence-electron chi connectivity index (χ3n) is 6.79. The first-order chi connectivity index (χ1) is 18.3. The number of benzene rings is 2. The summed E-state index contributed by atoms with van der Waals surface area (Å²) >= 11 is 0. The summed E-state index contributed by atoms with van der Waals surface area (Å²) in [6.45, 7) is 12.8. The molecule has 0 radical (unpaired) electrons. The molecule has 39 heavy (non-hydrogen) atoms. The predicted molar refractivity (Wildman–Crippen MR) is 149 cm³/mol. The zero-order valence-corrected chi connectivity index (χ0v) is 24.7. The van der Waals surface area contributed by atoms with Gasteiger partial charge in [-0.2, -0.15) is 0 Å². The fourth-order valence-corrected chi connectivity index (χ4v) is 4.55. The van der Waals surface area contributed by atoms with Crippen molar-refractivity contribution in [2.45, 2.75) is 40.0 Å². The van der Waals surface area contributed by atoms with Crippen molar-refractivity contribution in [3.05, 3.63) is 109 Å². The van der Waals surface area contributed by atoms with Crippen molar-refractivity contribution < 1.29 is 25.8 Å². The molecule has 0 amide bonds. The minimum Gasteiger partial charge on any atom is -0.501 e. The van der Waals surface area contributed by atoms with Gasteiger partial charge in [0.15, 0.2) is 0 Å². The monoisotopic (exact) mass is 693 g/mol. The van der Waals surface area contributed by atoms with Gasteiger partial charge in [0.05, 0.1) is 5.75 Å². The predicted octanol–water partition coefficient (Wildman–Crippen LogP) is 7.43. The Bertz CT molecular complexity index is 1640. The van der Waals surface area contributed by atoms with Crippen LogP contribution < -0.4 is 9.64 Å². The van der Waals surface area contributed by atoms with Crippen LogP contribution in [0.4, 0.5) is 11.4 Å². The summed E-state index contributed by atoms with van der Waals surface area (Å²) < 4.78 is 8.47. The van der Waals surface area contributed by atoms with Gasteiger partial charge in [0, 0.05) is 44.5 Å². The van der Waals surface area contributed by atoms with E-state index in [4.69, 9.17) is 9.72 Å². The van der Waals surface area contributed by atoms with Crippen LogP contribution in [0, 0.1) is 32.6 Å². The van der Waals surface area contributed by atoms with Crippen LogP contribution in [-0.4, -0.2) is 19.5 Å². The van der Waals surface area contributed by atoms with Gasteiger partial charge in [-0.1, -0.05) is 81.7 Å². The summed E-state index contributed by atoms with van der Waals surface area (Å²) in [7, 11) is 0. The van der Waals surface area contributed by atoms with E-state index in [1.54, 1.807) is 18.6 Å². The molecule has 0 aliphatic carbocycles. The number of aryl methyl sites for hydroxylation is 1. The summed E-state index contributed by atoms with van der Waals surface area (Å²) in [6, 6.07) is 25.1. The molecular formula is C32H28N5OPt-3. The maximum atomic E-state index is 6.33. The van der Waals surface area contributed by atoms with Crippen LogP contribution in [0.2, 0.25) is 0 Å². The zero-order valence-electron chi connectivity index (χ0n) is 22.5. The summed E-state index contributed by atoms with van der Waals surface area (Å²) in [6.07, 6.45) is 5.16. The van der Waals surface area contributed by atoms with E-state index >= 15 is 0 Å². The molecule has 2 aromatic carbocycles. The van der Waals surface area contributed by atoms with Crippen LogP contribution in [0.15, 0.2) is 73.2 Å². The number of rotatable bonds is 4. The maximum absolute atomic E-state index is 6.33. The fourth-order valence-electron chi connectivity index (χ4n) is 4.55. The van der Waals surface area contributed by atoms with E-state index in [0.29, 0.717) is 11.5 Å². The van der Waals surface area contributed by atoms with Crippen molar-refractivity contribution in [1.29, 1.82) is 0 Å². The van der Waals surface area contributed by atoms with Crippen LogP contribution >= 0.6 is 0 Å². The van der Waals surface area contributed by atoms with E-state index < -0.39 is 0 Å². The molecule has 3 aromatic heterocycles. The van der Waals surface area contributed by atoms with E-state index in [-0.39, 0.29) is 26.5 Å². The molecule has 0 bridgehead atoms. The van der Waals surface area contributed by atoms with Crippen LogP contribution in [0.3, 0.4) is 0 Å². The van der Waals surface area contributed by atoms with Crippen molar-refractivity contribution in [2.75, 3.05) is 4.90 Å². The second-order valence-corrected chi connectivity index (χ2v) is 10.5. The number of nitrogens with zero attached hydrogens (tertiary/aromatic N) is 5. The number of aromatic nitrogens is 4. The summed E-state index contributed by atoms with van der Waals surface area (Å²) in [5.41, 5.74) is 7.70. The van der Waals surface area contributed by atoms with Crippen molar-refractivity contribution in [2.24, 2.45) is 0 Å². The second-order valence-electron chi connectivity index (χ2n) is 10.5. The Morgan fingerprint density at radius 3 is 2.49 bits per heavy atom. The van der Waals surface area contributed by atoms with Crippen LogP contribution in [0.25, 0.3) is 22.6 Å². The number of pyridine rings is 2. The molecule has 0 spiro atoms.